The third-order valence-corrected chi connectivity index (χ3v) is 23.3. The number of benzene rings is 1. The molecule has 1 aromatic carbocycles. The summed E-state index contributed by atoms with van der Waals surface area (Å²) in [5, 5.41) is 56.6. The lowest BCUT2D eigenvalue weighted by Crippen LogP contribution is -2.58. The molecule has 5 aliphatic rings. The van der Waals surface area contributed by atoms with Gasteiger partial charge in [0.15, 0.2) is 18.1 Å². The predicted molar refractivity (Wildman–Crippen MR) is 388 cm³/mol. The van der Waals surface area contributed by atoms with E-state index < -0.39 is 139 Å². The Balaban J connectivity index is 0.890. The molecular weight excluding hydrogens is 1500 g/mol. The second-order valence-electron chi connectivity index (χ2n) is 26.3. The Morgan fingerprint density at radius 3 is 2.32 bits per heavy atom. The summed E-state index contributed by atoms with van der Waals surface area (Å²) in [7, 11) is 4.97. The quantitative estimate of drug-likeness (QED) is 0.0430. The number of nitrogens with zero attached hydrogens (tertiary/aromatic N) is 10. The first-order valence-corrected chi connectivity index (χ1v) is 38.0. The van der Waals surface area contributed by atoms with Crippen LogP contribution < -0.4 is 32.3 Å². The van der Waals surface area contributed by atoms with Crippen molar-refractivity contribution in [3.8, 4) is 38.4 Å². The largest absolute Gasteiger partial charge is 0.506 e. The number of rotatable bonds is 13. The third-order valence-electron chi connectivity index (χ3n) is 18.9. The number of likely N-dealkylation sites (N-methyl/N-ethyl adjacent to an activating group) is 2. The summed E-state index contributed by atoms with van der Waals surface area (Å²) in [5.74, 6) is -7.82. The topological polar surface area (TPSA) is 450 Å². The number of pyridine rings is 2. The van der Waals surface area contributed by atoms with E-state index in [0.29, 0.717) is 23.3 Å². The molecule has 9 aromatic rings. The van der Waals surface area contributed by atoms with Crippen LogP contribution in [-0.2, 0) is 67.2 Å². The molecule has 108 heavy (non-hydrogen) atoms. The highest BCUT2D eigenvalue weighted by Crippen LogP contribution is 2.44. The average Bonchev–Trinajstić information content (AvgIpc) is 1.61. The molecule has 6 amide bonds. The van der Waals surface area contributed by atoms with Crippen LogP contribution in [0.5, 0.6) is 5.75 Å². The van der Waals surface area contributed by atoms with Crippen molar-refractivity contribution in [3.05, 3.63) is 142 Å². The van der Waals surface area contributed by atoms with E-state index in [2.05, 4.69) is 46.5 Å². The Hall–Kier alpha value is -10.2. The molecule has 5 aliphatic heterocycles. The number of cyclic esters (lactones) is 2. The molecule has 0 aliphatic carbocycles. The van der Waals surface area contributed by atoms with E-state index in [-0.39, 0.29) is 124 Å². The second-order valence-corrected chi connectivity index (χ2v) is 30.7. The fourth-order valence-corrected chi connectivity index (χ4v) is 17.7. The summed E-state index contributed by atoms with van der Waals surface area (Å²) in [4.78, 5) is 153. The zero-order valence-corrected chi connectivity index (χ0v) is 62.6. The number of allylic oxidation sites excluding steroid dienone is 1. The standard InChI is InChI=1S/C69H70N16O18S5/c1-29(86)47-61(93)81-48(30(2)97-7)64-76-42(27-106-64)60(92)82-51-53-54(103-45-18-69(4)55(31(3)102-45)84(6)28-101-69)68(95)99-20-32-11-10-13-43-46(32)35(21-98-53)52(85(43)96)67(94)100-22-37(73-58(90)40-26-108-66(51)78-40)63-74-38(23-105-63)49-34(62-75-41(24-104-62)59(91)80-47)17-44(87)50(79-49)65-77-39(25-107-65)57(89)72-36(56(70)88)19-83(5)16-14-33-12-8-9-15-71-33/h8-13,15,17,23-27,29,31,36-37,45,47,51,53-55,86-87,96H,14,16,18-22,28H2,1-7H3,(H2,70,88)(H,72,89)(H,73,90)(H,80,91)(H,81,93)(H,82,92)/b48-30+. The van der Waals surface area contributed by atoms with Gasteiger partial charge < -0.3 is 85.8 Å². The Morgan fingerprint density at radius 2 is 1.56 bits per heavy atom. The van der Waals surface area contributed by atoms with Crippen molar-refractivity contribution < 1.29 is 86.9 Å². The van der Waals surface area contributed by atoms with Gasteiger partial charge in [-0.25, -0.2) is 39.5 Å². The monoisotopic (exact) mass is 1570 g/mol. The van der Waals surface area contributed by atoms with Crippen molar-refractivity contribution in [2.45, 2.75) is 120 Å². The van der Waals surface area contributed by atoms with E-state index in [0.717, 1.165) is 62.4 Å². The number of esters is 2. The van der Waals surface area contributed by atoms with Crippen LogP contribution in [0.25, 0.3) is 49.3 Å². The number of aromatic hydroxyl groups is 1. The van der Waals surface area contributed by atoms with Crippen LogP contribution in [0.1, 0.15) is 130 Å². The number of aliphatic hydroxyl groups is 1. The molecule has 39 heteroatoms. The van der Waals surface area contributed by atoms with Gasteiger partial charge in [0.25, 0.3) is 23.6 Å². The minimum Gasteiger partial charge on any atom is -0.506 e. The summed E-state index contributed by atoms with van der Waals surface area (Å²) in [6, 6.07) is 5.48. The minimum absolute atomic E-state index is 0.00284. The van der Waals surface area contributed by atoms with Gasteiger partial charge in [0.2, 0.25) is 11.8 Å². The first-order chi connectivity index (χ1) is 51.8. The van der Waals surface area contributed by atoms with Crippen molar-refractivity contribution in [2.24, 2.45) is 5.73 Å². The van der Waals surface area contributed by atoms with Gasteiger partial charge in [-0.15, -0.1) is 56.7 Å². The van der Waals surface area contributed by atoms with Crippen LogP contribution in [0.2, 0.25) is 0 Å². The van der Waals surface area contributed by atoms with Crippen LogP contribution in [-0.4, -0.2) is 214 Å². The molecule has 12 bridgehead atoms. The van der Waals surface area contributed by atoms with Gasteiger partial charge in [-0.3, -0.25) is 38.7 Å². The molecule has 14 rings (SSSR count). The van der Waals surface area contributed by atoms with Gasteiger partial charge in [-0.2, -0.15) is 4.73 Å². The zero-order valence-electron chi connectivity index (χ0n) is 58.5. The number of nitrogens with two attached hydrogens (primary N) is 1. The van der Waals surface area contributed by atoms with Crippen molar-refractivity contribution in [1.82, 2.24) is 76.0 Å². The van der Waals surface area contributed by atoms with Crippen molar-refractivity contribution >= 4 is 121 Å². The Kier molecular flexibility index (Phi) is 21.3. The number of aromatic nitrogens is 8. The molecule has 2 saturated heterocycles. The SMILES string of the molecule is CO/C(C)=C1/NC(=O)C(C(C)O)NC(=O)c2csc(n2)-c2cc(O)c(-c3nc(C(=O)NC(CN(C)CCc4ccccn4)C(N)=O)cs3)nc2-c2csc(n2)C2COC(=O)c3c4c5c(cccc5n3O)COC(=O)C(OC3CC5(C)OCN(C)C5C(C)O3)C(OC4)C(NC(=O)c3csc1n3)c1nc(cs1)C(=O)N2. The number of nitrogens with one attached hydrogen (secondary N) is 5. The van der Waals surface area contributed by atoms with Gasteiger partial charge in [0.1, 0.15) is 126 Å². The summed E-state index contributed by atoms with van der Waals surface area (Å²) < 4.78 is 45.1. The van der Waals surface area contributed by atoms with Crippen molar-refractivity contribution in [2.75, 3.05) is 47.6 Å². The van der Waals surface area contributed by atoms with Gasteiger partial charge in [0, 0.05) is 81.2 Å². The molecular formula is C69H70N16O18S5. The van der Waals surface area contributed by atoms with Crippen molar-refractivity contribution in [3.63, 3.8) is 0 Å². The van der Waals surface area contributed by atoms with Crippen LogP contribution in [0.3, 0.4) is 0 Å². The van der Waals surface area contributed by atoms with E-state index in [1.807, 2.05) is 42.8 Å². The first-order valence-electron chi connectivity index (χ1n) is 33.6. The Morgan fingerprint density at radius 1 is 0.852 bits per heavy atom. The molecule has 11 unspecified atom stereocenters. The fraction of sp³-hybridized carbons (Fsp3) is 0.377. The van der Waals surface area contributed by atoms with Crippen LogP contribution in [0, 0.1) is 0 Å². The molecule has 0 saturated carbocycles. The molecule has 564 valence electrons. The van der Waals surface area contributed by atoms with E-state index >= 15 is 19.2 Å². The highest BCUT2D eigenvalue weighted by Gasteiger charge is 2.54. The van der Waals surface area contributed by atoms with Gasteiger partial charge in [0.05, 0.1) is 49.8 Å². The number of primary amides is 1. The maximum Gasteiger partial charge on any atom is 0.358 e. The molecule has 34 nitrogen and oxygen atoms in total. The Labute approximate surface area is 633 Å². The number of amides is 6. The summed E-state index contributed by atoms with van der Waals surface area (Å²) >= 11 is 4.58. The maximum atomic E-state index is 15.3. The summed E-state index contributed by atoms with van der Waals surface area (Å²) in [5.41, 5.74) is 4.68. The van der Waals surface area contributed by atoms with E-state index in [4.69, 9.17) is 53.8 Å². The highest BCUT2D eigenvalue weighted by molar-refractivity contribution is 7.14. The van der Waals surface area contributed by atoms with Crippen LogP contribution >= 0.6 is 56.7 Å². The predicted octanol–water partition coefficient (Wildman–Crippen LogP) is 4.68. The fourth-order valence-electron chi connectivity index (χ4n) is 13.5. The first kappa shape index (κ1) is 74.7. The third kappa shape index (κ3) is 15.0. The number of carbonyl (C=O) groups excluding carboxylic acids is 8. The number of carbonyl (C=O) groups is 8. The summed E-state index contributed by atoms with van der Waals surface area (Å²) in [6.07, 6.45) is -4.57. The van der Waals surface area contributed by atoms with E-state index in [1.165, 1.54) is 54.6 Å². The number of thiazole rings is 5. The van der Waals surface area contributed by atoms with Gasteiger partial charge in [-0.1, -0.05) is 18.2 Å². The van der Waals surface area contributed by atoms with Crippen molar-refractivity contribution in [1.29, 1.82) is 0 Å². The van der Waals surface area contributed by atoms with E-state index in [9.17, 15) is 34.6 Å². The average molecular weight is 1570 g/mol. The lowest BCUT2D eigenvalue weighted by atomic mass is 9.86. The second kappa shape index (κ2) is 30.8. The van der Waals surface area contributed by atoms with Gasteiger partial charge in [-0.05, 0) is 71.6 Å². The van der Waals surface area contributed by atoms with Crippen LogP contribution in [0.4, 0.5) is 0 Å². The number of methoxy groups -OCH3 is 1. The lowest BCUT2D eigenvalue weighted by molar-refractivity contribution is -0.268. The molecule has 0 radical (unpaired) electrons. The zero-order chi connectivity index (χ0) is 76.1. The van der Waals surface area contributed by atoms with E-state index in [1.54, 1.807) is 36.8 Å². The Bertz CT molecular complexity index is 5060. The molecule has 8 aromatic heterocycles. The number of hydrogen-bond acceptors (Lipinski definition) is 32. The minimum atomic E-state index is -1.85. The molecule has 2 fully saturated rings. The smallest absolute Gasteiger partial charge is 0.358 e. The normalized spacial score (nSPS) is 23.9. The van der Waals surface area contributed by atoms with Crippen LogP contribution in [0.15, 0.2) is 81.3 Å². The number of fused-ring (bicyclic) bond motifs is 16. The molecule has 0 spiro atoms. The molecule has 11 atom stereocenters. The van der Waals surface area contributed by atoms with Gasteiger partial charge >= 0.3 is 11.9 Å². The number of ether oxygens (including phenoxy) is 7. The summed E-state index contributed by atoms with van der Waals surface area (Å²) in [6.45, 7) is 5.55. The number of aliphatic hydroxyl groups excluding tert-OH is 1. The highest BCUT2D eigenvalue weighted by atomic mass is 32.1. The molecule has 10 N–H and O–H groups in total. The lowest BCUT2D eigenvalue weighted by Gasteiger charge is -2.45. The molecule has 13 heterocycles. The maximum absolute atomic E-state index is 15.3. The number of hydrogen-bond donors (Lipinski definition) is 9.